The summed E-state index contributed by atoms with van der Waals surface area (Å²) in [5, 5.41) is 9.32. The number of hydrogen-bond acceptors (Lipinski definition) is 3. The van der Waals surface area contributed by atoms with Crippen LogP contribution in [0.4, 0.5) is 11.4 Å². The molecule has 0 aromatic heterocycles. The molecule has 1 aliphatic rings. The first kappa shape index (κ1) is 15.1. The van der Waals surface area contributed by atoms with E-state index in [0.29, 0.717) is 12.2 Å². The van der Waals surface area contributed by atoms with Gasteiger partial charge in [-0.1, -0.05) is 18.2 Å². The van der Waals surface area contributed by atoms with Gasteiger partial charge in [-0.25, -0.2) is 0 Å². The number of para-hydroxylation sites is 1. The Labute approximate surface area is 134 Å². The number of phenols is 1. The number of carbonyl (C=O) groups is 2. The van der Waals surface area contributed by atoms with Crippen molar-refractivity contribution >= 4 is 23.2 Å². The molecule has 0 saturated carbocycles. The predicted octanol–water partition coefficient (Wildman–Crippen LogP) is 2.33. The number of likely N-dealkylation sites (N-methyl/N-ethyl adjacent to an activating group) is 1. The minimum atomic E-state index is -0.590. The third-order valence-corrected chi connectivity index (χ3v) is 4.08. The number of nitrogens with zero attached hydrogens (tertiary/aromatic N) is 2. The number of rotatable bonds is 1. The summed E-state index contributed by atoms with van der Waals surface area (Å²) in [4.78, 5) is 28.0. The average molecular weight is 310 g/mol. The summed E-state index contributed by atoms with van der Waals surface area (Å²) >= 11 is 0. The zero-order valence-electron chi connectivity index (χ0n) is 12.9. The lowest BCUT2D eigenvalue weighted by Gasteiger charge is -2.30. The van der Waals surface area contributed by atoms with Gasteiger partial charge in [-0.2, -0.15) is 0 Å². The second-order valence-electron chi connectivity index (χ2n) is 5.57. The highest BCUT2D eigenvalue weighted by molar-refractivity contribution is 6.44. The second-order valence-corrected chi connectivity index (χ2v) is 5.57. The molecule has 0 bridgehead atoms. The molecule has 1 aliphatic heterocycles. The molecule has 0 saturated heterocycles. The van der Waals surface area contributed by atoms with Crippen LogP contribution in [-0.4, -0.2) is 30.5 Å². The predicted molar refractivity (Wildman–Crippen MR) is 88.6 cm³/mol. The van der Waals surface area contributed by atoms with Gasteiger partial charge in [-0.15, -0.1) is 0 Å². The van der Waals surface area contributed by atoms with Gasteiger partial charge in [-0.05, 0) is 48.7 Å². The van der Waals surface area contributed by atoms with Crippen LogP contribution in [0.2, 0.25) is 0 Å². The van der Waals surface area contributed by atoms with E-state index in [1.165, 1.54) is 17.0 Å². The van der Waals surface area contributed by atoms with Crippen molar-refractivity contribution in [1.82, 2.24) is 0 Å². The normalized spacial score (nSPS) is 13.3. The van der Waals surface area contributed by atoms with E-state index in [9.17, 15) is 14.7 Å². The number of hydrogen-bond donors (Lipinski definition) is 1. The first-order valence-electron chi connectivity index (χ1n) is 7.54. The van der Waals surface area contributed by atoms with E-state index in [4.69, 9.17) is 0 Å². The Morgan fingerprint density at radius 2 is 1.78 bits per heavy atom. The summed E-state index contributed by atoms with van der Waals surface area (Å²) < 4.78 is 0. The number of aryl methyl sites for hydroxylation is 1. The van der Waals surface area contributed by atoms with Crippen LogP contribution >= 0.6 is 0 Å². The minimum Gasteiger partial charge on any atom is -0.508 e. The number of carbonyl (C=O) groups excluding carboxylic acids is 2. The fraction of sp³-hybridized carbons (Fsp3) is 0.222. The molecule has 3 rings (SSSR count). The molecule has 0 aliphatic carbocycles. The molecule has 0 radical (unpaired) electrons. The van der Waals surface area contributed by atoms with Crippen molar-refractivity contribution in [2.24, 2.45) is 0 Å². The van der Waals surface area contributed by atoms with E-state index >= 15 is 0 Å². The number of aromatic hydroxyl groups is 1. The molecule has 1 N–H and O–H groups in total. The standard InChI is InChI=1S/C18H18N2O3/c1-19(14-8-10-15(21)11-9-14)17(22)18(23)20-12-4-6-13-5-2-3-7-16(13)20/h2-3,5,7-11,21H,4,6,12H2,1H3. The Morgan fingerprint density at radius 3 is 2.52 bits per heavy atom. The maximum Gasteiger partial charge on any atom is 0.316 e. The third kappa shape index (κ3) is 2.90. The summed E-state index contributed by atoms with van der Waals surface area (Å²) in [6.45, 7) is 0.547. The second kappa shape index (κ2) is 6.12. The largest absolute Gasteiger partial charge is 0.508 e. The summed E-state index contributed by atoms with van der Waals surface area (Å²) in [5.74, 6) is -1.01. The fourth-order valence-electron chi connectivity index (χ4n) is 2.80. The van der Waals surface area contributed by atoms with E-state index in [-0.39, 0.29) is 5.75 Å². The van der Waals surface area contributed by atoms with Gasteiger partial charge in [0.2, 0.25) is 0 Å². The molecule has 5 nitrogen and oxygen atoms in total. The van der Waals surface area contributed by atoms with E-state index in [1.54, 1.807) is 24.1 Å². The van der Waals surface area contributed by atoms with Gasteiger partial charge in [0, 0.05) is 25.0 Å². The van der Waals surface area contributed by atoms with Crippen LogP contribution in [0.15, 0.2) is 48.5 Å². The van der Waals surface area contributed by atoms with Crippen molar-refractivity contribution in [2.75, 3.05) is 23.4 Å². The molecule has 23 heavy (non-hydrogen) atoms. The number of amides is 2. The van der Waals surface area contributed by atoms with Crippen molar-refractivity contribution in [2.45, 2.75) is 12.8 Å². The molecule has 2 aromatic rings. The lowest BCUT2D eigenvalue weighted by molar-refractivity contribution is -0.135. The Hall–Kier alpha value is -2.82. The molecule has 1 heterocycles. The van der Waals surface area contributed by atoms with E-state index in [2.05, 4.69) is 0 Å². The van der Waals surface area contributed by atoms with Crippen molar-refractivity contribution in [3.05, 3.63) is 54.1 Å². The van der Waals surface area contributed by atoms with E-state index in [0.717, 1.165) is 24.1 Å². The molecule has 2 amide bonds. The number of fused-ring (bicyclic) bond motifs is 1. The summed E-state index contributed by atoms with van der Waals surface area (Å²) in [7, 11) is 1.56. The highest BCUT2D eigenvalue weighted by Crippen LogP contribution is 2.27. The van der Waals surface area contributed by atoms with Crippen molar-refractivity contribution < 1.29 is 14.7 Å². The minimum absolute atomic E-state index is 0.117. The Balaban J connectivity index is 1.83. The highest BCUT2D eigenvalue weighted by Gasteiger charge is 2.29. The van der Waals surface area contributed by atoms with Gasteiger partial charge in [0.15, 0.2) is 0 Å². The topological polar surface area (TPSA) is 60.9 Å². The Bertz CT molecular complexity index is 740. The van der Waals surface area contributed by atoms with Crippen LogP contribution in [0, 0.1) is 0 Å². The smallest absolute Gasteiger partial charge is 0.316 e. The molecular weight excluding hydrogens is 292 g/mol. The number of phenolic OH excluding ortho intramolecular Hbond substituents is 1. The zero-order valence-corrected chi connectivity index (χ0v) is 12.9. The van der Waals surface area contributed by atoms with Crippen LogP contribution in [0.25, 0.3) is 0 Å². The maximum absolute atomic E-state index is 12.6. The fourth-order valence-corrected chi connectivity index (χ4v) is 2.80. The van der Waals surface area contributed by atoms with Crippen LogP contribution in [0.3, 0.4) is 0 Å². The van der Waals surface area contributed by atoms with Gasteiger partial charge >= 0.3 is 11.8 Å². The average Bonchev–Trinajstić information content (AvgIpc) is 2.60. The monoisotopic (exact) mass is 310 g/mol. The molecular formula is C18H18N2O3. The molecule has 118 valence electrons. The van der Waals surface area contributed by atoms with Crippen LogP contribution < -0.4 is 9.80 Å². The van der Waals surface area contributed by atoms with E-state index < -0.39 is 11.8 Å². The third-order valence-electron chi connectivity index (χ3n) is 4.08. The van der Waals surface area contributed by atoms with Gasteiger partial charge in [0.1, 0.15) is 5.75 Å². The SMILES string of the molecule is CN(C(=O)C(=O)N1CCCc2ccccc21)c1ccc(O)cc1. The Morgan fingerprint density at radius 1 is 1.09 bits per heavy atom. The first-order valence-corrected chi connectivity index (χ1v) is 7.54. The molecule has 0 fully saturated rings. The highest BCUT2D eigenvalue weighted by atomic mass is 16.3. The van der Waals surface area contributed by atoms with Gasteiger partial charge in [-0.3, -0.25) is 9.59 Å². The molecule has 0 spiro atoms. The molecule has 2 aromatic carbocycles. The van der Waals surface area contributed by atoms with Crippen molar-refractivity contribution in [1.29, 1.82) is 0 Å². The lowest BCUT2D eigenvalue weighted by Crippen LogP contribution is -2.46. The lowest BCUT2D eigenvalue weighted by atomic mass is 10.0. The van der Waals surface area contributed by atoms with Crippen molar-refractivity contribution in [3.8, 4) is 5.75 Å². The number of benzene rings is 2. The Kier molecular flexibility index (Phi) is 4.02. The quantitative estimate of drug-likeness (QED) is 0.822. The van der Waals surface area contributed by atoms with E-state index in [1.807, 2.05) is 24.3 Å². The summed E-state index contributed by atoms with van der Waals surface area (Å²) in [6, 6.07) is 13.9. The molecule has 0 unspecified atom stereocenters. The number of anilines is 2. The molecule has 5 heteroatoms. The van der Waals surface area contributed by atoms with Crippen molar-refractivity contribution in [3.63, 3.8) is 0 Å². The van der Waals surface area contributed by atoms with Gasteiger partial charge in [0.25, 0.3) is 0 Å². The molecule has 0 atom stereocenters. The zero-order chi connectivity index (χ0) is 16.4. The summed E-state index contributed by atoms with van der Waals surface area (Å²) in [6.07, 6.45) is 1.76. The van der Waals surface area contributed by atoms with Crippen LogP contribution in [0.1, 0.15) is 12.0 Å². The maximum atomic E-state index is 12.6. The summed E-state index contributed by atoms with van der Waals surface area (Å²) in [5.41, 5.74) is 2.47. The first-order chi connectivity index (χ1) is 11.1. The van der Waals surface area contributed by atoms with Gasteiger partial charge in [0.05, 0.1) is 0 Å². The van der Waals surface area contributed by atoms with Gasteiger partial charge < -0.3 is 14.9 Å². The van der Waals surface area contributed by atoms with Crippen LogP contribution in [-0.2, 0) is 16.0 Å². The van der Waals surface area contributed by atoms with Crippen LogP contribution in [0.5, 0.6) is 5.75 Å².